The Hall–Kier alpha value is -4.53. The van der Waals surface area contributed by atoms with Gasteiger partial charge in [0.2, 0.25) is 5.75 Å². The molecular formula is C25H23N3O6. The zero-order chi connectivity index (χ0) is 24.2. The zero-order valence-corrected chi connectivity index (χ0v) is 18.8. The van der Waals surface area contributed by atoms with Crippen molar-refractivity contribution in [1.82, 2.24) is 10.4 Å². The topological polar surface area (TPSA) is 103 Å². The molecule has 34 heavy (non-hydrogen) atoms. The van der Waals surface area contributed by atoms with E-state index in [4.69, 9.17) is 14.2 Å². The van der Waals surface area contributed by atoms with Crippen LogP contribution in [0.25, 0.3) is 5.70 Å². The van der Waals surface area contributed by atoms with Crippen molar-refractivity contribution < 1.29 is 23.9 Å². The van der Waals surface area contributed by atoms with E-state index in [0.29, 0.717) is 28.5 Å². The summed E-state index contributed by atoms with van der Waals surface area (Å²) in [5.74, 6) is 0.574. The van der Waals surface area contributed by atoms with Gasteiger partial charge in [-0.2, -0.15) is 0 Å². The molecule has 174 valence electrons. The van der Waals surface area contributed by atoms with Crippen LogP contribution in [0.1, 0.15) is 27.5 Å². The van der Waals surface area contributed by atoms with Gasteiger partial charge >= 0.3 is 0 Å². The summed E-state index contributed by atoms with van der Waals surface area (Å²) in [4.78, 5) is 25.0. The molecule has 1 heterocycles. The van der Waals surface area contributed by atoms with E-state index in [0.717, 1.165) is 5.56 Å². The second kappa shape index (κ2) is 9.53. The molecule has 1 aliphatic heterocycles. The fourth-order valence-corrected chi connectivity index (χ4v) is 3.90. The van der Waals surface area contributed by atoms with Crippen molar-refractivity contribution in [3.05, 3.63) is 99.6 Å². The van der Waals surface area contributed by atoms with Gasteiger partial charge in [0.15, 0.2) is 11.5 Å². The molecule has 0 bridgehead atoms. The van der Waals surface area contributed by atoms with Crippen molar-refractivity contribution >= 4 is 17.3 Å². The van der Waals surface area contributed by atoms with E-state index in [2.05, 4.69) is 5.43 Å². The number of ether oxygens (including phenoxy) is 3. The molecule has 1 amide bonds. The third kappa shape index (κ3) is 4.11. The van der Waals surface area contributed by atoms with E-state index in [1.807, 2.05) is 30.3 Å². The minimum absolute atomic E-state index is 0.0810. The summed E-state index contributed by atoms with van der Waals surface area (Å²) < 4.78 is 16.1. The molecule has 0 aromatic heterocycles. The summed E-state index contributed by atoms with van der Waals surface area (Å²) >= 11 is 0. The molecule has 1 unspecified atom stereocenters. The lowest BCUT2D eigenvalue weighted by atomic mass is 10.0. The maximum atomic E-state index is 13.7. The first kappa shape index (κ1) is 22.7. The van der Waals surface area contributed by atoms with Gasteiger partial charge in [-0.05, 0) is 29.8 Å². The van der Waals surface area contributed by atoms with Crippen LogP contribution in [0.4, 0.5) is 5.69 Å². The van der Waals surface area contributed by atoms with Gasteiger partial charge in [0.1, 0.15) is 6.04 Å². The highest BCUT2D eigenvalue weighted by Gasteiger charge is 2.35. The Kier molecular flexibility index (Phi) is 6.35. The third-order valence-electron chi connectivity index (χ3n) is 5.51. The van der Waals surface area contributed by atoms with Crippen LogP contribution in [0.3, 0.4) is 0 Å². The van der Waals surface area contributed by atoms with Crippen LogP contribution >= 0.6 is 0 Å². The minimum Gasteiger partial charge on any atom is -0.493 e. The predicted octanol–water partition coefficient (Wildman–Crippen LogP) is 4.36. The number of rotatable bonds is 7. The van der Waals surface area contributed by atoms with Crippen LogP contribution in [0.15, 0.2) is 72.8 Å². The highest BCUT2D eigenvalue weighted by Crippen LogP contribution is 2.41. The van der Waals surface area contributed by atoms with Gasteiger partial charge < -0.3 is 14.2 Å². The molecule has 0 spiro atoms. The van der Waals surface area contributed by atoms with Gasteiger partial charge in [-0.25, -0.2) is 5.01 Å². The number of hydrogen-bond acceptors (Lipinski definition) is 7. The third-order valence-corrected chi connectivity index (χ3v) is 5.51. The molecule has 1 N–H and O–H groups in total. The molecule has 0 fully saturated rings. The fourth-order valence-electron chi connectivity index (χ4n) is 3.90. The van der Waals surface area contributed by atoms with Crippen LogP contribution < -0.4 is 19.6 Å². The Labute approximate surface area is 196 Å². The lowest BCUT2D eigenvalue weighted by molar-refractivity contribution is -0.385. The predicted molar refractivity (Wildman–Crippen MR) is 126 cm³/mol. The number of nitrogens with zero attached hydrogens (tertiary/aromatic N) is 2. The molecule has 0 saturated heterocycles. The largest absolute Gasteiger partial charge is 0.493 e. The number of hydrazine groups is 1. The molecule has 3 aromatic rings. The average Bonchev–Trinajstić information content (AvgIpc) is 3.33. The lowest BCUT2D eigenvalue weighted by Gasteiger charge is -2.26. The number of nitrogens with one attached hydrogen (secondary N) is 1. The van der Waals surface area contributed by atoms with E-state index in [1.165, 1.54) is 32.4 Å². The molecule has 0 aliphatic carbocycles. The van der Waals surface area contributed by atoms with Crippen molar-refractivity contribution in [2.45, 2.75) is 6.04 Å². The number of para-hydroxylation sites is 1. The van der Waals surface area contributed by atoms with E-state index < -0.39 is 16.9 Å². The van der Waals surface area contributed by atoms with Crippen LogP contribution in [0, 0.1) is 10.1 Å². The maximum Gasteiger partial charge on any atom is 0.275 e. The molecule has 1 aliphatic rings. The lowest BCUT2D eigenvalue weighted by Crippen LogP contribution is -2.39. The summed E-state index contributed by atoms with van der Waals surface area (Å²) in [6.07, 6.45) is 1.80. The number of benzene rings is 3. The van der Waals surface area contributed by atoms with Gasteiger partial charge in [-0.3, -0.25) is 20.3 Å². The van der Waals surface area contributed by atoms with Gasteiger partial charge in [0, 0.05) is 11.6 Å². The standard InChI is InChI=1S/C25H23N3O6/c1-32-22-13-17(14-23(33-2)24(22)34-3)25(29)27-21(18-11-7-8-12-20(18)28(30)31)15-19(26-27)16-9-5-4-6-10-16/h4-15,21,26H,1-3H3. The number of methoxy groups -OCH3 is 3. The van der Waals surface area contributed by atoms with Gasteiger partial charge in [-0.1, -0.05) is 42.5 Å². The van der Waals surface area contributed by atoms with Crippen LogP contribution in [-0.4, -0.2) is 37.2 Å². The number of carbonyl (C=O) groups excluding carboxylic acids is 1. The first-order valence-electron chi connectivity index (χ1n) is 10.4. The summed E-state index contributed by atoms with van der Waals surface area (Å²) in [6.45, 7) is 0. The summed E-state index contributed by atoms with van der Waals surface area (Å²) in [5.41, 5.74) is 5.19. The quantitative estimate of drug-likeness (QED) is 0.412. The van der Waals surface area contributed by atoms with E-state index in [-0.39, 0.29) is 11.3 Å². The fraction of sp³-hybridized carbons (Fsp3) is 0.160. The Morgan fingerprint density at radius 3 is 2.15 bits per heavy atom. The summed E-state index contributed by atoms with van der Waals surface area (Å²) in [5, 5.41) is 13.1. The normalized spacial score (nSPS) is 14.7. The maximum absolute atomic E-state index is 13.7. The summed E-state index contributed by atoms with van der Waals surface area (Å²) in [6, 6.07) is 18.1. The number of amides is 1. The van der Waals surface area contributed by atoms with Crippen LogP contribution in [0.2, 0.25) is 0 Å². The van der Waals surface area contributed by atoms with Gasteiger partial charge in [-0.15, -0.1) is 0 Å². The monoisotopic (exact) mass is 461 g/mol. The second-order valence-corrected chi connectivity index (χ2v) is 7.41. The number of nitro benzene ring substituents is 1. The van der Waals surface area contributed by atoms with Crippen molar-refractivity contribution in [1.29, 1.82) is 0 Å². The van der Waals surface area contributed by atoms with Gasteiger partial charge in [0.25, 0.3) is 11.6 Å². The molecule has 0 radical (unpaired) electrons. The zero-order valence-electron chi connectivity index (χ0n) is 18.8. The summed E-state index contributed by atoms with van der Waals surface area (Å²) in [7, 11) is 4.40. The smallest absolute Gasteiger partial charge is 0.275 e. The van der Waals surface area contributed by atoms with Crippen molar-refractivity contribution in [2.24, 2.45) is 0 Å². The van der Waals surface area contributed by atoms with Crippen molar-refractivity contribution in [2.75, 3.05) is 21.3 Å². The molecule has 1 atom stereocenters. The highest BCUT2D eigenvalue weighted by atomic mass is 16.6. The molecular weight excluding hydrogens is 438 g/mol. The molecule has 9 nitrogen and oxygen atoms in total. The number of carbonyl (C=O) groups is 1. The molecule has 9 heteroatoms. The Morgan fingerprint density at radius 2 is 1.56 bits per heavy atom. The molecule has 3 aromatic carbocycles. The molecule has 0 saturated carbocycles. The second-order valence-electron chi connectivity index (χ2n) is 7.41. The first-order valence-corrected chi connectivity index (χ1v) is 10.4. The number of hydrogen-bond donors (Lipinski definition) is 1. The highest BCUT2D eigenvalue weighted by molar-refractivity contribution is 5.97. The first-order chi connectivity index (χ1) is 16.5. The Balaban J connectivity index is 1.81. The SMILES string of the molecule is COc1cc(C(=O)N2NC(c3ccccc3)=CC2c2ccccc2[N+](=O)[O-])cc(OC)c1OC. The van der Waals surface area contributed by atoms with E-state index in [1.54, 1.807) is 36.4 Å². The molecule has 4 rings (SSSR count). The van der Waals surface area contributed by atoms with Crippen molar-refractivity contribution in [3.63, 3.8) is 0 Å². The van der Waals surface area contributed by atoms with Crippen LogP contribution in [0.5, 0.6) is 17.2 Å². The van der Waals surface area contributed by atoms with Crippen LogP contribution in [-0.2, 0) is 0 Å². The number of nitro groups is 1. The Morgan fingerprint density at radius 1 is 0.941 bits per heavy atom. The minimum atomic E-state index is -0.733. The average molecular weight is 461 g/mol. The Bertz CT molecular complexity index is 1230. The van der Waals surface area contributed by atoms with Crippen molar-refractivity contribution in [3.8, 4) is 17.2 Å². The van der Waals surface area contributed by atoms with E-state index >= 15 is 0 Å². The van der Waals surface area contributed by atoms with E-state index in [9.17, 15) is 14.9 Å². The van der Waals surface area contributed by atoms with Gasteiger partial charge in [0.05, 0.1) is 37.5 Å².